The largest absolute Gasteiger partial charge is 0.870 e. The van der Waals surface area contributed by atoms with Crippen LogP contribution >= 0.6 is 0 Å². The summed E-state index contributed by atoms with van der Waals surface area (Å²) in [6, 6.07) is 7.11. The van der Waals surface area contributed by atoms with Gasteiger partial charge in [0.1, 0.15) is 0 Å². The quantitative estimate of drug-likeness (QED) is 0.639. The Labute approximate surface area is 96.3 Å². The third-order valence-corrected chi connectivity index (χ3v) is 2.55. The molecule has 1 aliphatic rings. The molecule has 0 aromatic heterocycles. The molecule has 2 rings (SSSR count). The van der Waals surface area contributed by atoms with Crippen molar-refractivity contribution >= 4 is 19.2 Å². The van der Waals surface area contributed by atoms with Crippen LogP contribution in [0.3, 0.4) is 0 Å². The molecule has 1 aromatic carbocycles. The number of carbonyl (C=O) groups excluding carboxylic acids is 1. The second-order valence-electron chi connectivity index (χ2n) is 3.62. The summed E-state index contributed by atoms with van der Waals surface area (Å²) in [5, 5.41) is 0. The molecule has 84 valence electrons. The van der Waals surface area contributed by atoms with Crippen LogP contribution in [0.4, 0.5) is 0 Å². The van der Waals surface area contributed by atoms with Crippen LogP contribution in [0, 0.1) is 0 Å². The van der Waals surface area contributed by atoms with Gasteiger partial charge in [-0.3, -0.25) is 0 Å². The molecule has 5 heteroatoms. The van der Waals surface area contributed by atoms with Crippen molar-refractivity contribution in [1.29, 1.82) is 0 Å². The average molecular weight is 219 g/mol. The zero-order chi connectivity index (χ0) is 9.97. The van der Waals surface area contributed by atoms with E-state index in [0.29, 0.717) is 5.46 Å². The minimum atomic E-state index is 0. The van der Waals surface area contributed by atoms with E-state index in [9.17, 15) is 4.79 Å². The zero-order valence-electron chi connectivity index (χ0n) is 8.97. The Balaban J connectivity index is 0.00000112. The van der Waals surface area contributed by atoms with Crippen LogP contribution < -0.4 is 5.46 Å². The molecule has 0 bridgehead atoms. The molecule has 0 radical (unpaired) electrons. The molecular formula is C11H14BNO3. The first-order valence-electron chi connectivity index (χ1n) is 4.92. The van der Waals surface area contributed by atoms with Gasteiger partial charge < -0.3 is 11.0 Å². The number of nitrogens with zero attached hydrogens (tertiary/aromatic N) is 1. The maximum absolute atomic E-state index is 11.8. The number of carbonyl (C=O) groups is 1. The molecule has 0 spiro atoms. The second kappa shape index (κ2) is 6.30. The molecule has 1 heterocycles. The summed E-state index contributed by atoms with van der Waals surface area (Å²) in [5.41, 5.74) is 1.43. The smallest absolute Gasteiger partial charge is 0.870 e. The molecule has 4 nitrogen and oxygen atoms in total. The maximum Gasteiger partial charge on any atom is -0.870 e. The van der Waals surface area contributed by atoms with Crippen LogP contribution in [-0.4, -0.2) is 42.7 Å². The van der Waals surface area contributed by atoms with E-state index in [0.717, 1.165) is 31.5 Å². The molecule has 0 unspecified atom stereocenters. The van der Waals surface area contributed by atoms with Crippen molar-refractivity contribution in [3.63, 3.8) is 0 Å². The standard InChI is InChI=1S/C11H12BNO.2H2O/c12-10-5-3-9(4-6-10)11(14)13-7-1-2-8-13;;/h3-6H,1-2,7-8H2;2*1H2/q+2;;/p-2. The van der Waals surface area contributed by atoms with Gasteiger partial charge in [-0.25, -0.2) is 0 Å². The third-order valence-electron chi connectivity index (χ3n) is 2.55. The molecule has 16 heavy (non-hydrogen) atoms. The molecule has 0 saturated carbocycles. The molecule has 0 aliphatic carbocycles. The summed E-state index contributed by atoms with van der Waals surface area (Å²) in [4.78, 5) is 13.7. The number of benzene rings is 1. The van der Waals surface area contributed by atoms with E-state index in [1.165, 1.54) is 0 Å². The number of hydrogen-bond donors (Lipinski definition) is 0. The van der Waals surface area contributed by atoms with Gasteiger partial charge in [0, 0.05) is 0 Å². The molecule has 1 fully saturated rings. The van der Waals surface area contributed by atoms with Gasteiger partial charge >= 0.3 is 84.7 Å². The first-order valence-corrected chi connectivity index (χ1v) is 4.92. The van der Waals surface area contributed by atoms with Gasteiger partial charge in [-0.2, -0.15) is 0 Å². The second-order valence-corrected chi connectivity index (χ2v) is 3.62. The topological polar surface area (TPSA) is 80.3 Å². The van der Waals surface area contributed by atoms with E-state index in [1.54, 1.807) is 24.3 Å². The van der Waals surface area contributed by atoms with E-state index in [-0.39, 0.29) is 16.9 Å². The summed E-state index contributed by atoms with van der Waals surface area (Å²) in [7, 11) is 5.56. The van der Waals surface area contributed by atoms with Gasteiger partial charge in [0.2, 0.25) is 0 Å². The fourth-order valence-corrected chi connectivity index (χ4v) is 1.73. The van der Waals surface area contributed by atoms with Crippen molar-refractivity contribution in [1.82, 2.24) is 4.90 Å². The maximum atomic E-state index is 11.8. The third kappa shape index (κ3) is 3.08. The summed E-state index contributed by atoms with van der Waals surface area (Å²) in [6.45, 7) is 1.78. The minimum absolute atomic E-state index is 0. The van der Waals surface area contributed by atoms with Crippen molar-refractivity contribution in [3.8, 4) is 0 Å². The van der Waals surface area contributed by atoms with Gasteiger partial charge in [-0.05, 0) is 0 Å². The van der Waals surface area contributed by atoms with Gasteiger partial charge in [0.25, 0.3) is 0 Å². The van der Waals surface area contributed by atoms with Crippen LogP contribution in [0.5, 0.6) is 0 Å². The Morgan fingerprint density at radius 1 is 1.06 bits per heavy atom. The Kier molecular flexibility index (Phi) is 5.78. The van der Waals surface area contributed by atoms with E-state index >= 15 is 0 Å². The van der Waals surface area contributed by atoms with Crippen molar-refractivity contribution in [2.24, 2.45) is 0 Å². The van der Waals surface area contributed by atoms with Crippen molar-refractivity contribution in [3.05, 3.63) is 29.8 Å². The summed E-state index contributed by atoms with van der Waals surface area (Å²) < 4.78 is 0. The fraction of sp³-hybridized carbons (Fsp3) is 0.364. The Morgan fingerprint density at radius 3 is 2.06 bits per heavy atom. The van der Waals surface area contributed by atoms with Crippen molar-refractivity contribution in [2.45, 2.75) is 12.8 Å². The van der Waals surface area contributed by atoms with Crippen molar-refractivity contribution in [2.75, 3.05) is 13.1 Å². The summed E-state index contributed by atoms with van der Waals surface area (Å²) in [6.07, 6.45) is 2.25. The average Bonchev–Trinajstić information content (AvgIpc) is 2.71. The number of amides is 1. The first-order chi connectivity index (χ1) is 6.77. The Bertz CT molecular complexity index is 334. The normalized spacial score (nSPS) is 14.0. The molecule has 1 aromatic rings. The minimum Gasteiger partial charge on any atom is -0.870 e. The van der Waals surface area contributed by atoms with Crippen molar-refractivity contribution < 1.29 is 15.7 Å². The first kappa shape index (κ1) is 14.7. The van der Waals surface area contributed by atoms with E-state index < -0.39 is 0 Å². The fourth-order valence-electron chi connectivity index (χ4n) is 1.73. The van der Waals surface area contributed by atoms with Crippen LogP contribution in [0.15, 0.2) is 24.3 Å². The number of likely N-dealkylation sites (tertiary alicyclic amines) is 1. The van der Waals surface area contributed by atoms with E-state index in [2.05, 4.69) is 0 Å². The molecular weight excluding hydrogens is 205 g/mol. The summed E-state index contributed by atoms with van der Waals surface area (Å²) >= 11 is 0. The predicted molar refractivity (Wildman–Crippen MR) is 60.8 cm³/mol. The van der Waals surface area contributed by atoms with Gasteiger partial charge in [-0.1, -0.05) is 0 Å². The van der Waals surface area contributed by atoms with Gasteiger partial charge in [0.05, 0.1) is 0 Å². The number of rotatable bonds is 1. The summed E-state index contributed by atoms with van der Waals surface area (Å²) in [5.74, 6) is 0.127. The Morgan fingerprint density at radius 2 is 1.56 bits per heavy atom. The van der Waals surface area contributed by atoms with Gasteiger partial charge in [0.15, 0.2) is 0 Å². The van der Waals surface area contributed by atoms with Crippen LogP contribution in [-0.2, 0) is 0 Å². The molecule has 1 saturated heterocycles. The predicted octanol–water partition coefficient (Wildman–Crippen LogP) is 0.363. The number of hydrogen-bond acceptors (Lipinski definition) is 3. The molecule has 1 amide bonds. The van der Waals surface area contributed by atoms with Crippen LogP contribution in [0.25, 0.3) is 0 Å². The van der Waals surface area contributed by atoms with Crippen LogP contribution in [0.1, 0.15) is 23.2 Å². The van der Waals surface area contributed by atoms with Crippen LogP contribution in [0.2, 0.25) is 0 Å². The Hall–Kier alpha value is -1.33. The molecule has 1 aliphatic heterocycles. The van der Waals surface area contributed by atoms with E-state index in [1.807, 2.05) is 4.90 Å². The monoisotopic (exact) mass is 219 g/mol. The van der Waals surface area contributed by atoms with E-state index in [4.69, 9.17) is 7.85 Å². The SMILES string of the molecule is [B+2]c1ccc(C(=O)N2CCCC2)cc1.[OH-].[OH-]. The van der Waals surface area contributed by atoms with Gasteiger partial charge in [-0.15, -0.1) is 0 Å². The molecule has 0 atom stereocenters. The zero-order valence-corrected chi connectivity index (χ0v) is 8.97. The molecule has 2 N–H and O–H groups in total.